The van der Waals surface area contributed by atoms with Crippen molar-refractivity contribution in [2.45, 2.75) is 5.16 Å². The lowest BCUT2D eigenvalue weighted by Crippen LogP contribution is -1.71. The normalized spacial score (nSPS) is 10.8. The van der Waals surface area contributed by atoms with Crippen LogP contribution >= 0.6 is 24.4 Å². The third-order valence-corrected chi connectivity index (χ3v) is 2.55. The Labute approximate surface area is 80.2 Å². The highest BCUT2D eigenvalue weighted by atomic mass is 32.2. The molecule has 2 rings (SSSR count). The van der Waals surface area contributed by atoms with Crippen molar-refractivity contribution in [3.05, 3.63) is 24.3 Å². The third-order valence-electron chi connectivity index (χ3n) is 1.57. The van der Waals surface area contributed by atoms with Crippen LogP contribution < -0.4 is 0 Å². The summed E-state index contributed by atoms with van der Waals surface area (Å²) in [7, 11) is 0. The summed E-state index contributed by atoms with van der Waals surface area (Å²) in [4.78, 5) is 7.56. The molecule has 2 nitrogen and oxygen atoms in total. The predicted molar refractivity (Wildman–Crippen MR) is 55.8 cm³/mol. The van der Waals surface area contributed by atoms with Crippen molar-refractivity contribution in [3.63, 3.8) is 0 Å². The first-order valence-electron chi connectivity index (χ1n) is 3.58. The lowest BCUT2D eigenvalue weighted by Gasteiger charge is -1.86. The molecule has 0 aliphatic rings. The Hall–Kier alpha value is -0.610. The minimum Gasteiger partial charge on any atom is -0.333 e. The Morgan fingerprint density at radius 3 is 3.00 bits per heavy atom. The van der Waals surface area contributed by atoms with Crippen LogP contribution in [0.25, 0.3) is 11.0 Å². The van der Waals surface area contributed by atoms with Crippen molar-refractivity contribution in [1.29, 1.82) is 0 Å². The maximum absolute atomic E-state index is 4.36. The average Bonchev–Trinajstić information content (AvgIpc) is 2.47. The van der Waals surface area contributed by atoms with Gasteiger partial charge in [-0.25, -0.2) is 4.98 Å². The van der Waals surface area contributed by atoms with Gasteiger partial charge in [0.15, 0.2) is 5.16 Å². The van der Waals surface area contributed by atoms with Crippen LogP contribution in [0, 0.1) is 0 Å². The van der Waals surface area contributed by atoms with Crippen LogP contribution in [0.2, 0.25) is 0 Å². The van der Waals surface area contributed by atoms with E-state index in [4.69, 9.17) is 0 Å². The van der Waals surface area contributed by atoms with Crippen molar-refractivity contribution in [3.8, 4) is 0 Å². The van der Waals surface area contributed by atoms with E-state index < -0.39 is 0 Å². The quantitative estimate of drug-likeness (QED) is 0.439. The van der Waals surface area contributed by atoms with E-state index >= 15 is 0 Å². The molecule has 0 bridgehead atoms. The second-order valence-electron chi connectivity index (χ2n) is 2.33. The lowest BCUT2D eigenvalue weighted by atomic mass is 10.3. The number of para-hydroxylation sites is 2. The molecule has 2 aromatic rings. The maximum atomic E-state index is 4.36. The van der Waals surface area contributed by atoms with Gasteiger partial charge in [-0.15, -0.1) is 0 Å². The van der Waals surface area contributed by atoms with Crippen LogP contribution in [0.4, 0.5) is 0 Å². The van der Waals surface area contributed by atoms with Crippen molar-refractivity contribution in [1.82, 2.24) is 9.97 Å². The molecule has 62 valence electrons. The molecule has 0 fully saturated rings. The van der Waals surface area contributed by atoms with Gasteiger partial charge in [0, 0.05) is 5.08 Å². The molecule has 0 spiro atoms. The Morgan fingerprint density at radius 2 is 2.25 bits per heavy atom. The Kier molecular flexibility index (Phi) is 2.28. The molecular formula is C8H8N2S2. The number of nitrogens with zero attached hydrogens (tertiary/aromatic N) is 1. The van der Waals surface area contributed by atoms with Crippen molar-refractivity contribution in [2.75, 3.05) is 5.08 Å². The van der Waals surface area contributed by atoms with Crippen molar-refractivity contribution >= 4 is 35.4 Å². The summed E-state index contributed by atoms with van der Waals surface area (Å²) < 4.78 is 0. The second-order valence-corrected chi connectivity index (χ2v) is 4.04. The van der Waals surface area contributed by atoms with Crippen LogP contribution in [-0.4, -0.2) is 15.1 Å². The van der Waals surface area contributed by atoms with Crippen LogP contribution in [0.5, 0.6) is 0 Å². The first-order chi connectivity index (χ1) is 5.90. The third kappa shape index (κ3) is 1.44. The number of hydrogen-bond acceptors (Lipinski definition) is 3. The molecule has 0 aliphatic carbocycles. The summed E-state index contributed by atoms with van der Waals surface area (Å²) in [6.45, 7) is 0. The number of rotatable bonds is 2. The summed E-state index contributed by atoms with van der Waals surface area (Å²) in [6, 6.07) is 7.99. The van der Waals surface area contributed by atoms with E-state index in [0.29, 0.717) is 0 Å². The van der Waals surface area contributed by atoms with Crippen molar-refractivity contribution in [2.24, 2.45) is 0 Å². The number of nitrogens with one attached hydrogen (secondary N) is 1. The topological polar surface area (TPSA) is 28.7 Å². The number of aromatic nitrogens is 2. The number of imidazole rings is 1. The minimum absolute atomic E-state index is 0.750. The van der Waals surface area contributed by atoms with E-state index in [1.165, 1.54) is 0 Å². The van der Waals surface area contributed by atoms with Gasteiger partial charge in [0.1, 0.15) is 0 Å². The van der Waals surface area contributed by atoms with E-state index in [-0.39, 0.29) is 0 Å². The molecule has 1 aromatic carbocycles. The van der Waals surface area contributed by atoms with E-state index in [0.717, 1.165) is 21.3 Å². The van der Waals surface area contributed by atoms with Crippen LogP contribution in [0.3, 0.4) is 0 Å². The summed E-state index contributed by atoms with van der Waals surface area (Å²) in [5, 5.41) is 1.69. The minimum atomic E-state index is 0.750. The smallest absolute Gasteiger partial charge is 0.167 e. The zero-order valence-corrected chi connectivity index (χ0v) is 8.03. The highest BCUT2D eigenvalue weighted by Crippen LogP contribution is 2.19. The van der Waals surface area contributed by atoms with Gasteiger partial charge in [-0.05, 0) is 12.1 Å². The number of H-pyrrole nitrogens is 1. The highest BCUT2D eigenvalue weighted by molar-refractivity contribution is 8.09. The van der Waals surface area contributed by atoms with Gasteiger partial charge in [-0.2, -0.15) is 12.6 Å². The molecule has 0 amide bonds. The summed E-state index contributed by atoms with van der Waals surface area (Å²) >= 11 is 5.72. The fourth-order valence-electron chi connectivity index (χ4n) is 1.06. The Bertz CT molecular complexity index is 350. The maximum Gasteiger partial charge on any atom is 0.167 e. The fraction of sp³-hybridized carbons (Fsp3) is 0.125. The van der Waals surface area contributed by atoms with Gasteiger partial charge < -0.3 is 4.98 Å². The zero-order chi connectivity index (χ0) is 8.39. The summed E-state index contributed by atoms with van der Waals surface area (Å²) in [5.74, 6) is 0. The number of aromatic amines is 1. The monoisotopic (exact) mass is 196 g/mol. The van der Waals surface area contributed by atoms with Gasteiger partial charge in [-0.3, -0.25) is 0 Å². The summed E-state index contributed by atoms with van der Waals surface area (Å²) in [5.41, 5.74) is 2.10. The SMILES string of the molecule is SCSc1nc2ccccc2[nH]1. The number of hydrogen-bond donors (Lipinski definition) is 2. The van der Waals surface area contributed by atoms with Gasteiger partial charge in [0.05, 0.1) is 11.0 Å². The van der Waals surface area contributed by atoms with Gasteiger partial charge in [-0.1, -0.05) is 23.9 Å². The van der Waals surface area contributed by atoms with Gasteiger partial charge in [0.25, 0.3) is 0 Å². The number of benzene rings is 1. The Morgan fingerprint density at radius 1 is 1.42 bits per heavy atom. The largest absolute Gasteiger partial charge is 0.333 e. The van der Waals surface area contributed by atoms with Gasteiger partial charge >= 0.3 is 0 Å². The first kappa shape index (κ1) is 8.01. The van der Waals surface area contributed by atoms with E-state index in [9.17, 15) is 0 Å². The molecule has 0 saturated carbocycles. The molecule has 1 heterocycles. The van der Waals surface area contributed by atoms with E-state index in [1.54, 1.807) is 11.8 Å². The predicted octanol–water partition coefficient (Wildman–Crippen LogP) is 2.54. The molecule has 0 saturated heterocycles. The Balaban J connectivity index is 2.47. The molecule has 1 aromatic heterocycles. The molecule has 0 atom stereocenters. The molecule has 0 radical (unpaired) electrons. The molecular weight excluding hydrogens is 188 g/mol. The molecule has 1 N–H and O–H groups in total. The van der Waals surface area contributed by atoms with Crippen molar-refractivity contribution < 1.29 is 0 Å². The average molecular weight is 196 g/mol. The molecule has 0 aliphatic heterocycles. The zero-order valence-electron chi connectivity index (χ0n) is 6.32. The number of fused-ring (bicyclic) bond motifs is 1. The molecule has 4 heteroatoms. The van der Waals surface area contributed by atoms with Crippen LogP contribution in [0.15, 0.2) is 29.4 Å². The second kappa shape index (κ2) is 3.41. The standard InChI is InChI=1S/C8H8N2S2/c11-5-12-8-9-6-3-1-2-4-7(6)10-8/h1-4,11H,5H2,(H,9,10). The molecule has 0 unspecified atom stereocenters. The molecule has 12 heavy (non-hydrogen) atoms. The van der Waals surface area contributed by atoms with E-state index in [1.807, 2.05) is 24.3 Å². The van der Waals surface area contributed by atoms with E-state index in [2.05, 4.69) is 22.6 Å². The lowest BCUT2D eigenvalue weighted by molar-refractivity contribution is 1.08. The summed E-state index contributed by atoms with van der Waals surface area (Å²) in [6.07, 6.45) is 0. The van der Waals surface area contributed by atoms with Crippen LogP contribution in [-0.2, 0) is 0 Å². The number of thioether (sulfide) groups is 1. The van der Waals surface area contributed by atoms with Gasteiger partial charge in [0.2, 0.25) is 0 Å². The fourth-order valence-corrected chi connectivity index (χ4v) is 1.89. The number of thiol groups is 1. The highest BCUT2D eigenvalue weighted by Gasteiger charge is 1.99. The first-order valence-corrected chi connectivity index (χ1v) is 5.20. The van der Waals surface area contributed by atoms with Crippen LogP contribution in [0.1, 0.15) is 0 Å².